The number of nitrogens with zero attached hydrogens (tertiary/aromatic N) is 15. The molecule has 4 aliphatic rings. The molecule has 0 spiro atoms. The zero-order valence-corrected chi connectivity index (χ0v) is 88.7. The number of piperidine rings is 2. The van der Waals surface area contributed by atoms with Crippen molar-refractivity contribution in [2.75, 3.05) is 91.5 Å². The van der Waals surface area contributed by atoms with E-state index in [1.807, 2.05) is 137 Å². The molecule has 4 unspecified atom stereocenters. The van der Waals surface area contributed by atoms with Crippen molar-refractivity contribution in [1.29, 1.82) is 0 Å². The molecule has 0 bridgehead atoms. The van der Waals surface area contributed by atoms with Gasteiger partial charge in [0.15, 0.2) is 0 Å². The number of benzene rings is 7. The van der Waals surface area contributed by atoms with Gasteiger partial charge in [-0.15, -0.1) is 0 Å². The molecule has 9 aromatic heterocycles. The number of hydrogen-bond acceptors (Lipinski definition) is 19. The number of aromatic amines is 4. The summed E-state index contributed by atoms with van der Waals surface area (Å²) < 4.78 is 24.7. The molecule has 7 aromatic carbocycles. The van der Waals surface area contributed by atoms with Gasteiger partial charge in [0.2, 0.25) is 0 Å². The lowest BCUT2D eigenvalue weighted by molar-refractivity contribution is 0.175. The maximum atomic E-state index is 6.31. The van der Waals surface area contributed by atoms with Crippen LogP contribution in [0.15, 0.2) is 213 Å². The Morgan fingerprint density at radius 1 is 0.352 bits per heavy atom. The van der Waals surface area contributed by atoms with Gasteiger partial charge in [-0.2, -0.15) is 20.4 Å². The molecule has 4 aliphatic heterocycles. The lowest BCUT2D eigenvalue weighted by Gasteiger charge is -2.33. The number of piperazine rings is 1. The Morgan fingerprint density at radius 3 is 0.945 bits per heavy atom. The summed E-state index contributed by atoms with van der Waals surface area (Å²) in [4.78, 5) is 35.4. The first kappa shape index (κ1) is 105. The molecule has 4 saturated heterocycles. The molecule has 23 nitrogen and oxygen atoms in total. The van der Waals surface area contributed by atoms with Crippen LogP contribution in [-0.4, -0.2) is 183 Å². The van der Waals surface area contributed by atoms with Crippen LogP contribution in [0, 0.1) is 11.8 Å². The molecule has 20 rings (SSSR count). The first-order valence-corrected chi connectivity index (χ1v) is 52.3. The van der Waals surface area contributed by atoms with Crippen molar-refractivity contribution in [3.05, 3.63) is 338 Å². The molecule has 0 amide bonds. The smallest absolute Gasteiger partial charge is 0.128 e. The van der Waals surface area contributed by atoms with Crippen molar-refractivity contribution in [3.63, 3.8) is 0 Å². The van der Waals surface area contributed by atoms with Crippen LogP contribution < -0.4 is 23.8 Å². The van der Waals surface area contributed by atoms with Gasteiger partial charge in [-0.1, -0.05) is 210 Å². The molecular formula is C114H119Cl8N19O4. The molecule has 145 heavy (non-hydrogen) atoms. The Labute approximate surface area is 887 Å². The highest BCUT2D eigenvalue weighted by atomic mass is 35.5. The van der Waals surface area contributed by atoms with E-state index in [-0.39, 0.29) is 24.4 Å². The van der Waals surface area contributed by atoms with Crippen molar-refractivity contribution < 1.29 is 18.9 Å². The fourth-order valence-corrected chi connectivity index (χ4v) is 21.4. The van der Waals surface area contributed by atoms with Gasteiger partial charge in [0.25, 0.3) is 0 Å². The van der Waals surface area contributed by atoms with Crippen LogP contribution in [0.2, 0.25) is 40.2 Å². The van der Waals surface area contributed by atoms with Crippen LogP contribution in [-0.2, 0) is 19.6 Å². The van der Waals surface area contributed by atoms with Gasteiger partial charge in [0.1, 0.15) is 53.2 Å². The fourth-order valence-electron chi connectivity index (χ4n) is 18.7. The summed E-state index contributed by atoms with van der Waals surface area (Å²) in [5.74, 6) is 5.62. The van der Waals surface area contributed by atoms with Gasteiger partial charge in [-0.05, 0) is 267 Å². The number of ether oxygens (including phenoxy) is 4. The summed E-state index contributed by atoms with van der Waals surface area (Å²) in [6.07, 6.45) is 37.3. The molecule has 0 radical (unpaired) electrons. The molecule has 0 saturated carbocycles. The SMILES string of the molecule is CC(Oc1ccc2[nH]nc(/C=C/c3ccc(CN4CC[C@@H](N(C)C)C4)cc3)c2c1)c1c(Cl)cncc1Cl.CC(Oc1ccc2[nH]nc(/C=C/c3ccc(N4CCN(C)CC4)nc3)c2c1)c1c(Cl)cncc1Cl.CC1CCN(Cc2ccc(/C=C/c3n[nH]c4ccc(OC(C)c5c(Cl)cncc5Cl)cc34)cc2)CC1.CCC1CCN(Cc2ccc(/C=C/c3n[nH]c4ccc(OC(C)c5c(Cl)cncc5Cl)cc34)cc2)CC1. The van der Waals surface area contributed by atoms with E-state index in [0.29, 0.717) is 74.8 Å². The number of halogens is 8. The van der Waals surface area contributed by atoms with Gasteiger partial charge < -0.3 is 33.6 Å². The first-order valence-electron chi connectivity index (χ1n) is 49.3. The Morgan fingerprint density at radius 2 is 0.648 bits per heavy atom. The second kappa shape index (κ2) is 49.6. The largest absolute Gasteiger partial charge is 0.486 e. The highest BCUT2D eigenvalue weighted by molar-refractivity contribution is 6.37. The highest BCUT2D eigenvalue weighted by Gasteiger charge is 2.28. The number of likely N-dealkylation sites (N-methyl/N-ethyl adjacent to an activating group) is 2. The third-order valence-electron chi connectivity index (χ3n) is 27.3. The average molecular weight is 2100 g/mol. The zero-order valence-electron chi connectivity index (χ0n) is 82.7. The molecule has 4 fully saturated rings. The van der Waals surface area contributed by atoms with Crippen LogP contribution in [0.3, 0.4) is 0 Å². The minimum absolute atomic E-state index is 0.330. The zero-order chi connectivity index (χ0) is 101. The van der Waals surface area contributed by atoms with Crippen molar-refractivity contribution in [2.24, 2.45) is 11.8 Å². The van der Waals surface area contributed by atoms with E-state index in [9.17, 15) is 0 Å². The van der Waals surface area contributed by atoms with Crippen LogP contribution in [0.1, 0.15) is 188 Å². The van der Waals surface area contributed by atoms with Crippen molar-refractivity contribution >= 4 is 191 Å². The topological polar surface area (TPSA) is 236 Å². The second-order valence-corrected chi connectivity index (χ2v) is 41.2. The molecule has 4 N–H and O–H groups in total. The summed E-state index contributed by atoms with van der Waals surface area (Å²) in [5, 5.41) is 38.1. The van der Waals surface area contributed by atoms with Gasteiger partial charge >= 0.3 is 0 Å². The molecule has 0 aliphatic carbocycles. The third-order valence-corrected chi connectivity index (χ3v) is 29.7. The van der Waals surface area contributed by atoms with E-state index < -0.39 is 0 Å². The van der Waals surface area contributed by atoms with E-state index in [1.165, 1.54) is 81.4 Å². The van der Waals surface area contributed by atoms with Crippen LogP contribution in [0.4, 0.5) is 5.82 Å². The van der Waals surface area contributed by atoms with E-state index in [0.717, 1.165) is 182 Å². The lowest BCUT2D eigenvalue weighted by atomic mass is 9.94. The van der Waals surface area contributed by atoms with Crippen LogP contribution >= 0.6 is 92.8 Å². The number of rotatable bonds is 29. The lowest BCUT2D eigenvalue weighted by Crippen LogP contribution is -2.44. The fraction of sp³-hybridized carbons (Fsp3) is 0.307. The third kappa shape index (κ3) is 27.6. The summed E-state index contributed by atoms with van der Waals surface area (Å²) in [5.41, 5.74) is 18.5. The van der Waals surface area contributed by atoms with Crippen molar-refractivity contribution in [3.8, 4) is 23.0 Å². The van der Waals surface area contributed by atoms with Gasteiger partial charge in [0.05, 0.1) is 85.0 Å². The Hall–Kier alpha value is -11.8. The Bertz CT molecular complexity index is 7090. The number of hydrogen-bond donors (Lipinski definition) is 4. The monoisotopic (exact) mass is 2100 g/mol. The minimum atomic E-state index is -0.341. The average Bonchev–Trinajstić information content (AvgIpc) is 1.80. The quantitative estimate of drug-likeness (QED) is 0.0341. The highest BCUT2D eigenvalue weighted by Crippen LogP contribution is 2.41. The van der Waals surface area contributed by atoms with Gasteiger partial charge in [-0.3, -0.25) is 55.0 Å². The summed E-state index contributed by atoms with van der Waals surface area (Å²) in [6, 6.07) is 54.6. The summed E-state index contributed by atoms with van der Waals surface area (Å²) in [7, 11) is 6.49. The molecule has 16 aromatic rings. The predicted molar refractivity (Wildman–Crippen MR) is 596 cm³/mol. The number of likely N-dealkylation sites (tertiary alicyclic amines) is 3. The van der Waals surface area contributed by atoms with Crippen molar-refractivity contribution in [2.45, 2.75) is 130 Å². The number of aromatic nitrogens is 13. The predicted octanol–water partition coefficient (Wildman–Crippen LogP) is 28.4. The number of H-pyrrole nitrogens is 4. The molecule has 31 heteroatoms. The van der Waals surface area contributed by atoms with E-state index >= 15 is 0 Å². The Kier molecular flexibility index (Phi) is 35.8. The van der Waals surface area contributed by atoms with Gasteiger partial charge in [0, 0.05) is 165 Å². The maximum absolute atomic E-state index is 6.31. The Balaban J connectivity index is 0.000000132. The summed E-state index contributed by atoms with van der Waals surface area (Å²) >= 11 is 50.4. The number of pyridine rings is 5. The molecule has 13 heterocycles. The minimum Gasteiger partial charge on any atom is -0.486 e. The first-order chi connectivity index (χ1) is 70.3. The van der Waals surface area contributed by atoms with Crippen LogP contribution in [0.25, 0.3) is 92.2 Å². The number of nitrogens with one attached hydrogen (secondary N) is 4. The molecule has 5 atom stereocenters. The number of fused-ring (bicyclic) bond motifs is 4. The number of anilines is 1. The normalized spacial score (nSPS) is 16.3. The van der Waals surface area contributed by atoms with E-state index in [1.54, 1.807) is 49.6 Å². The van der Waals surface area contributed by atoms with Crippen molar-refractivity contribution in [1.82, 2.24) is 90.2 Å². The second-order valence-electron chi connectivity index (χ2n) is 37.9. The standard InChI is InChI=1S/C30H32Cl2N4O.C29H31Cl2N5O.C29H30Cl2N4O.C26H26Cl2N6O/c1-3-21-12-14-36(15-13-21)19-23-6-4-22(5-7-23)8-10-28-25-16-24(9-11-29(25)35-34-28)37-20(2)30-26(31)17-33-18-27(30)32;1-19(29-25(30)15-32-16-26(29)31)37-23-9-11-28-24(14-23)27(33-34-28)10-8-20-4-6-21(7-5-20)17-36-13-12-22(18-36)35(2)3;1-19-11-13-35(14-12-19)18-22-5-3-21(4-6-22)7-9-27-24-15-23(8-10-28(24)34-33-27)36-20(2)29-25(30)16-32-17-26(29)31;1-17(26-21(27)15-29-16-22(26)28)35-19-5-7-24-20(13-19)23(31-32-24)6-3-18-4-8-25(30-14-18)34-11-9-33(2)10-12-34/h4-11,16-18,20-21H,3,12-15,19H2,1-2H3,(H,34,35);4-11,14-16,19,22H,12-13,17-18H2,1-3H3,(H,33,34);3-10,15-17,19-20H,11-14,18H2,1-2H3,(H,33,34);3-8,13-17H,9-12H2,1-2H3,(H,31,32)/b2*10-8+;9-7+;6-3+/t;19?,22-;;/m.1../s1. The molecule has 750 valence electrons. The maximum Gasteiger partial charge on any atom is 0.128 e. The molecular weight excluding hydrogens is 1980 g/mol. The summed E-state index contributed by atoms with van der Waals surface area (Å²) in [6.45, 7) is 26.6. The van der Waals surface area contributed by atoms with E-state index in [4.69, 9.17) is 112 Å². The van der Waals surface area contributed by atoms with Gasteiger partial charge in [-0.25, -0.2) is 4.98 Å². The van der Waals surface area contributed by atoms with E-state index in [2.05, 4.69) is 233 Å². The van der Waals surface area contributed by atoms with Crippen LogP contribution in [0.5, 0.6) is 23.0 Å².